The fourth-order valence-electron chi connectivity index (χ4n) is 2.14. The average Bonchev–Trinajstić information content (AvgIpc) is 2.46. The van der Waals surface area contributed by atoms with Gasteiger partial charge in [0.05, 0.1) is 0 Å². The van der Waals surface area contributed by atoms with Crippen molar-refractivity contribution in [1.82, 2.24) is 0 Å². The molecule has 0 atom stereocenters. The molecule has 0 heterocycles. The van der Waals surface area contributed by atoms with Gasteiger partial charge in [0.15, 0.2) is 0 Å². The minimum absolute atomic E-state index is 1.26. The molecule has 0 N–H and O–H groups in total. The lowest BCUT2D eigenvalue weighted by molar-refractivity contribution is 1.47. The highest BCUT2D eigenvalue weighted by molar-refractivity contribution is 5.75. The van der Waals surface area contributed by atoms with Crippen LogP contribution in [0.15, 0.2) is 66.8 Å². The van der Waals surface area contributed by atoms with E-state index in [4.69, 9.17) is 0 Å². The lowest BCUT2D eigenvalue weighted by Crippen LogP contribution is -1.83. The predicted octanol–water partition coefficient (Wildman–Crippen LogP) is 5.64. The Bertz CT molecular complexity index is 581. The Morgan fingerprint density at radius 2 is 1.32 bits per heavy atom. The molecule has 0 unspecified atom stereocenters. The summed E-state index contributed by atoms with van der Waals surface area (Å²) in [6.45, 7) is 6.23. The van der Waals surface area contributed by atoms with Crippen LogP contribution in [-0.2, 0) is 0 Å². The van der Waals surface area contributed by atoms with Crippen molar-refractivity contribution in [3.05, 3.63) is 77.9 Å². The lowest BCUT2D eigenvalue weighted by atomic mass is 9.99. The SMILES string of the molecule is C/C=C\C(=C/C)c1ccc(-c2ccc(C)cc2)cc1. The molecule has 0 saturated heterocycles. The van der Waals surface area contributed by atoms with Gasteiger partial charge in [0.25, 0.3) is 0 Å². The third-order valence-corrected chi connectivity index (χ3v) is 3.26. The van der Waals surface area contributed by atoms with E-state index in [1.807, 2.05) is 6.92 Å². The normalized spacial score (nSPS) is 12.1. The zero-order valence-corrected chi connectivity index (χ0v) is 11.9. The summed E-state index contributed by atoms with van der Waals surface area (Å²) in [5.74, 6) is 0. The Morgan fingerprint density at radius 1 is 0.789 bits per heavy atom. The van der Waals surface area contributed by atoms with Gasteiger partial charge in [-0.25, -0.2) is 0 Å². The van der Waals surface area contributed by atoms with Crippen LogP contribution in [0.2, 0.25) is 0 Å². The van der Waals surface area contributed by atoms with Crippen molar-refractivity contribution in [3.63, 3.8) is 0 Å². The summed E-state index contributed by atoms with van der Waals surface area (Å²) in [6, 6.07) is 17.4. The highest BCUT2D eigenvalue weighted by Gasteiger charge is 1.99. The summed E-state index contributed by atoms with van der Waals surface area (Å²) in [5.41, 5.74) is 6.35. The Labute approximate surface area is 116 Å². The van der Waals surface area contributed by atoms with Crippen molar-refractivity contribution in [1.29, 1.82) is 0 Å². The molecule has 0 aliphatic heterocycles. The Kier molecular flexibility index (Phi) is 4.35. The van der Waals surface area contributed by atoms with E-state index < -0.39 is 0 Å². The highest BCUT2D eigenvalue weighted by atomic mass is 14.0. The topological polar surface area (TPSA) is 0 Å². The standard InChI is InChI=1S/C19H20/c1-4-6-16(5-2)17-11-13-19(14-12-17)18-9-7-15(3)8-10-18/h4-14H,1-3H3/b6-4-,16-5+. The van der Waals surface area contributed by atoms with Gasteiger partial charge in [-0.05, 0) is 43.0 Å². The zero-order chi connectivity index (χ0) is 13.7. The maximum absolute atomic E-state index is 2.19. The molecule has 0 aliphatic rings. The van der Waals surface area contributed by atoms with Gasteiger partial charge < -0.3 is 0 Å². The van der Waals surface area contributed by atoms with Crippen molar-refractivity contribution in [2.24, 2.45) is 0 Å². The number of benzene rings is 2. The van der Waals surface area contributed by atoms with Crippen molar-refractivity contribution >= 4 is 5.57 Å². The Balaban J connectivity index is 2.30. The average molecular weight is 248 g/mol. The van der Waals surface area contributed by atoms with E-state index in [2.05, 4.69) is 80.6 Å². The summed E-state index contributed by atoms with van der Waals surface area (Å²) in [6.07, 6.45) is 6.35. The second kappa shape index (κ2) is 6.19. The van der Waals surface area contributed by atoms with E-state index in [9.17, 15) is 0 Å². The molecule has 2 aromatic rings. The molecule has 0 saturated carbocycles. The van der Waals surface area contributed by atoms with Crippen LogP contribution in [0, 0.1) is 6.92 Å². The van der Waals surface area contributed by atoms with Gasteiger partial charge in [0.2, 0.25) is 0 Å². The van der Waals surface area contributed by atoms with E-state index in [-0.39, 0.29) is 0 Å². The van der Waals surface area contributed by atoms with Crippen LogP contribution >= 0.6 is 0 Å². The van der Waals surface area contributed by atoms with E-state index in [0.717, 1.165) is 0 Å². The number of hydrogen-bond donors (Lipinski definition) is 0. The van der Waals surface area contributed by atoms with Crippen LogP contribution in [0.5, 0.6) is 0 Å². The van der Waals surface area contributed by atoms with E-state index in [1.165, 1.54) is 27.8 Å². The molecule has 19 heavy (non-hydrogen) atoms. The second-order valence-electron chi connectivity index (χ2n) is 4.69. The minimum Gasteiger partial charge on any atom is -0.0871 e. The minimum atomic E-state index is 1.26. The molecule has 2 rings (SSSR count). The van der Waals surface area contributed by atoms with E-state index in [0.29, 0.717) is 0 Å². The fraction of sp³-hybridized carbons (Fsp3) is 0.158. The molecule has 0 spiro atoms. The van der Waals surface area contributed by atoms with Crippen LogP contribution < -0.4 is 0 Å². The Morgan fingerprint density at radius 3 is 1.79 bits per heavy atom. The van der Waals surface area contributed by atoms with Crippen molar-refractivity contribution in [3.8, 4) is 11.1 Å². The van der Waals surface area contributed by atoms with Gasteiger partial charge in [0.1, 0.15) is 0 Å². The largest absolute Gasteiger partial charge is 0.0871 e. The van der Waals surface area contributed by atoms with Crippen molar-refractivity contribution < 1.29 is 0 Å². The molecule has 0 fully saturated rings. The number of allylic oxidation sites excluding steroid dienone is 4. The molecular formula is C19H20. The first-order chi connectivity index (χ1) is 9.24. The maximum Gasteiger partial charge on any atom is -0.0184 e. The zero-order valence-electron chi connectivity index (χ0n) is 11.9. The molecular weight excluding hydrogens is 228 g/mol. The highest BCUT2D eigenvalue weighted by Crippen LogP contribution is 2.23. The van der Waals surface area contributed by atoms with E-state index in [1.54, 1.807) is 0 Å². The van der Waals surface area contributed by atoms with Crippen LogP contribution in [0.25, 0.3) is 16.7 Å². The summed E-state index contributed by atoms with van der Waals surface area (Å²) in [4.78, 5) is 0. The van der Waals surface area contributed by atoms with Crippen LogP contribution in [0.3, 0.4) is 0 Å². The van der Waals surface area contributed by atoms with Gasteiger partial charge >= 0.3 is 0 Å². The molecule has 0 nitrogen and oxygen atoms in total. The van der Waals surface area contributed by atoms with Gasteiger partial charge in [-0.2, -0.15) is 0 Å². The van der Waals surface area contributed by atoms with Crippen LogP contribution in [0.1, 0.15) is 25.0 Å². The summed E-state index contributed by atoms with van der Waals surface area (Å²) >= 11 is 0. The third kappa shape index (κ3) is 3.23. The smallest absolute Gasteiger partial charge is 0.0184 e. The molecule has 0 aromatic heterocycles. The molecule has 0 heteroatoms. The molecule has 0 radical (unpaired) electrons. The summed E-state index contributed by atoms with van der Waals surface area (Å²) in [7, 11) is 0. The summed E-state index contributed by atoms with van der Waals surface area (Å²) < 4.78 is 0. The second-order valence-corrected chi connectivity index (χ2v) is 4.69. The predicted molar refractivity (Wildman–Crippen MR) is 85.1 cm³/mol. The van der Waals surface area contributed by atoms with Crippen LogP contribution in [-0.4, -0.2) is 0 Å². The first-order valence-electron chi connectivity index (χ1n) is 6.71. The first-order valence-corrected chi connectivity index (χ1v) is 6.71. The first kappa shape index (κ1) is 13.4. The number of rotatable bonds is 3. The number of aryl methyl sites for hydroxylation is 1. The monoisotopic (exact) mass is 248 g/mol. The fourth-order valence-corrected chi connectivity index (χ4v) is 2.14. The summed E-state index contributed by atoms with van der Waals surface area (Å²) in [5, 5.41) is 0. The quantitative estimate of drug-likeness (QED) is 0.616. The molecule has 96 valence electrons. The molecule has 0 aliphatic carbocycles. The Hall–Kier alpha value is -2.08. The van der Waals surface area contributed by atoms with Gasteiger partial charge in [-0.15, -0.1) is 0 Å². The van der Waals surface area contributed by atoms with Crippen LogP contribution in [0.4, 0.5) is 0 Å². The molecule has 2 aromatic carbocycles. The van der Waals surface area contributed by atoms with Gasteiger partial charge in [0, 0.05) is 0 Å². The van der Waals surface area contributed by atoms with Gasteiger partial charge in [-0.1, -0.05) is 72.3 Å². The van der Waals surface area contributed by atoms with Gasteiger partial charge in [-0.3, -0.25) is 0 Å². The number of hydrogen-bond acceptors (Lipinski definition) is 0. The molecule has 0 bridgehead atoms. The van der Waals surface area contributed by atoms with Crippen molar-refractivity contribution in [2.45, 2.75) is 20.8 Å². The maximum atomic E-state index is 2.19. The lowest BCUT2D eigenvalue weighted by Gasteiger charge is -2.06. The van der Waals surface area contributed by atoms with E-state index >= 15 is 0 Å². The molecule has 0 amide bonds. The third-order valence-electron chi connectivity index (χ3n) is 3.26. The van der Waals surface area contributed by atoms with Crippen molar-refractivity contribution in [2.75, 3.05) is 0 Å².